The topological polar surface area (TPSA) is 95.2 Å². The van der Waals surface area contributed by atoms with Crippen LogP contribution in [0.4, 0.5) is 5.69 Å². The Balaban J connectivity index is 1.51. The van der Waals surface area contributed by atoms with E-state index in [-0.39, 0.29) is 23.8 Å². The molecule has 5 aromatic rings. The number of rotatable bonds is 7. The smallest absolute Gasteiger partial charge is 0.278 e. The molecule has 0 bridgehead atoms. The van der Waals surface area contributed by atoms with Crippen LogP contribution in [0.2, 0.25) is 0 Å². The minimum atomic E-state index is -0.293. The van der Waals surface area contributed by atoms with Gasteiger partial charge in [-0.3, -0.25) is 19.0 Å². The summed E-state index contributed by atoms with van der Waals surface area (Å²) in [5.41, 5.74) is 3.51. The fourth-order valence-electron chi connectivity index (χ4n) is 4.29. The highest BCUT2D eigenvalue weighted by molar-refractivity contribution is 6.06. The van der Waals surface area contributed by atoms with Gasteiger partial charge in [0.15, 0.2) is 5.78 Å². The molecule has 2 aromatic heterocycles. The third-order valence-electron chi connectivity index (χ3n) is 6.12. The van der Waals surface area contributed by atoms with Gasteiger partial charge >= 0.3 is 0 Å². The third-order valence-corrected chi connectivity index (χ3v) is 6.12. The molecule has 0 saturated carbocycles. The van der Waals surface area contributed by atoms with Crippen LogP contribution in [-0.4, -0.2) is 32.9 Å². The van der Waals surface area contributed by atoms with Crippen LogP contribution in [-0.2, 0) is 17.9 Å². The number of methoxy groups -OCH3 is 1. The maximum atomic E-state index is 13.6. The Morgan fingerprint density at radius 1 is 0.972 bits per heavy atom. The first-order chi connectivity index (χ1) is 17.4. The summed E-state index contributed by atoms with van der Waals surface area (Å²) in [6, 6.07) is 21.7. The fraction of sp³-hybridized carbons (Fsp3) is 0.143. The van der Waals surface area contributed by atoms with E-state index in [4.69, 9.17) is 4.74 Å². The van der Waals surface area contributed by atoms with Crippen LogP contribution in [0, 0.1) is 0 Å². The first-order valence-electron chi connectivity index (χ1n) is 11.4. The monoisotopic (exact) mass is 480 g/mol. The van der Waals surface area contributed by atoms with Crippen molar-refractivity contribution in [1.82, 2.24) is 14.1 Å². The molecular weight excluding hydrogens is 456 g/mol. The van der Waals surface area contributed by atoms with Crippen LogP contribution < -0.4 is 15.6 Å². The standard InChI is InChI=1S/C28H24N4O4/c1-18(33)20-9-11-21(12-10-20)30-25(34)16-32-24-6-4-3-5-23(24)26-27(32)28(35)31(17-29-26)15-19-7-13-22(36-2)14-8-19/h3-14,17H,15-16H2,1-2H3,(H,30,34). The summed E-state index contributed by atoms with van der Waals surface area (Å²) in [4.78, 5) is 42.7. The Kier molecular flexibility index (Phi) is 6.08. The second-order valence-corrected chi connectivity index (χ2v) is 8.51. The molecule has 0 radical (unpaired) electrons. The Labute approximate surface area is 206 Å². The molecule has 1 N–H and O–H groups in total. The first kappa shape index (κ1) is 23.0. The van der Waals surface area contributed by atoms with Gasteiger partial charge in [0.05, 0.1) is 25.5 Å². The van der Waals surface area contributed by atoms with E-state index in [1.165, 1.54) is 11.5 Å². The highest BCUT2D eigenvalue weighted by atomic mass is 16.5. The highest BCUT2D eigenvalue weighted by Crippen LogP contribution is 2.25. The molecule has 180 valence electrons. The van der Waals surface area contributed by atoms with Gasteiger partial charge in [-0.2, -0.15) is 0 Å². The van der Waals surface area contributed by atoms with Crippen molar-refractivity contribution < 1.29 is 14.3 Å². The van der Waals surface area contributed by atoms with Crippen molar-refractivity contribution in [3.8, 4) is 5.75 Å². The summed E-state index contributed by atoms with van der Waals surface area (Å²) in [6.07, 6.45) is 1.54. The van der Waals surface area contributed by atoms with E-state index in [9.17, 15) is 14.4 Å². The predicted molar refractivity (Wildman–Crippen MR) is 139 cm³/mol. The number of Topliss-reactive ketones (excluding diaryl/α,β-unsaturated/α-hetero) is 1. The lowest BCUT2D eigenvalue weighted by molar-refractivity contribution is -0.116. The molecule has 8 heteroatoms. The zero-order valence-corrected chi connectivity index (χ0v) is 19.9. The van der Waals surface area contributed by atoms with Gasteiger partial charge in [-0.15, -0.1) is 0 Å². The van der Waals surface area contributed by atoms with Crippen molar-refractivity contribution in [1.29, 1.82) is 0 Å². The number of fused-ring (bicyclic) bond motifs is 3. The van der Waals surface area contributed by atoms with Crippen LogP contribution in [0.5, 0.6) is 5.75 Å². The molecule has 2 heterocycles. The van der Waals surface area contributed by atoms with E-state index in [1.807, 2.05) is 48.5 Å². The zero-order valence-electron chi connectivity index (χ0n) is 19.9. The van der Waals surface area contributed by atoms with Gasteiger partial charge in [0.25, 0.3) is 5.56 Å². The van der Waals surface area contributed by atoms with Gasteiger partial charge < -0.3 is 14.6 Å². The van der Waals surface area contributed by atoms with Crippen LogP contribution in [0.25, 0.3) is 21.9 Å². The molecule has 1 amide bonds. The van der Waals surface area contributed by atoms with Gasteiger partial charge in [0.2, 0.25) is 5.91 Å². The lowest BCUT2D eigenvalue weighted by Gasteiger charge is -2.10. The largest absolute Gasteiger partial charge is 0.497 e. The van der Waals surface area contributed by atoms with Crippen molar-refractivity contribution in [3.05, 3.63) is 101 Å². The van der Waals surface area contributed by atoms with Crippen LogP contribution >= 0.6 is 0 Å². The van der Waals surface area contributed by atoms with Gasteiger partial charge in [-0.05, 0) is 55.0 Å². The molecule has 0 aliphatic rings. The molecule has 0 aliphatic heterocycles. The van der Waals surface area contributed by atoms with Crippen molar-refractivity contribution in [2.45, 2.75) is 20.0 Å². The normalized spacial score (nSPS) is 11.1. The number of anilines is 1. The predicted octanol–water partition coefficient (Wildman–Crippen LogP) is 4.25. The zero-order chi connectivity index (χ0) is 25.2. The number of aromatic nitrogens is 3. The van der Waals surface area contributed by atoms with Gasteiger partial charge in [-0.25, -0.2) is 4.98 Å². The Morgan fingerprint density at radius 3 is 2.39 bits per heavy atom. The minimum absolute atomic E-state index is 0.0448. The van der Waals surface area contributed by atoms with Crippen molar-refractivity contribution in [3.63, 3.8) is 0 Å². The Bertz CT molecular complexity index is 1650. The number of para-hydroxylation sites is 1. The van der Waals surface area contributed by atoms with Gasteiger partial charge in [0, 0.05) is 16.6 Å². The highest BCUT2D eigenvalue weighted by Gasteiger charge is 2.18. The van der Waals surface area contributed by atoms with Crippen molar-refractivity contribution in [2.75, 3.05) is 12.4 Å². The van der Waals surface area contributed by atoms with E-state index < -0.39 is 0 Å². The summed E-state index contributed by atoms with van der Waals surface area (Å²) in [5.74, 6) is 0.400. The minimum Gasteiger partial charge on any atom is -0.497 e. The van der Waals surface area contributed by atoms with Crippen LogP contribution in [0.3, 0.4) is 0 Å². The number of carbonyl (C=O) groups is 2. The number of ether oxygens (including phenoxy) is 1. The molecule has 8 nitrogen and oxygen atoms in total. The van der Waals surface area contributed by atoms with E-state index >= 15 is 0 Å². The number of hydrogen-bond acceptors (Lipinski definition) is 5. The number of amides is 1. The number of nitrogens with one attached hydrogen (secondary N) is 1. The fourth-order valence-corrected chi connectivity index (χ4v) is 4.29. The van der Waals surface area contributed by atoms with Gasteiger partial charge in [0.1, 0.15) is 23.3 Å². The third kappa shape index (κ3) is 4.36. The average Bonchev–Trinajstić information content (AvgIpc) is 3.20. The average molecular weight is 481 g/mol. The number of benzene rings is 3. The molecule has 0 spiro atoms. The molecule has 0 fully saturated rings. The summed E-state index contributed by atoms with van der Waals surface area (Å²) >= 11 is 0. The molecule has 5 rings (SSSR count). The lowest BCUT2D eigenvalue weighted by atomic mass is 10.1. The lowest BCUT2D eigenvalue weighted by Crippen LogP contribution is -2.25. The Hall–Kier alpha value is -4.72. The van der Waals surface area contributed by atoms with Crippen molar-refractivity contribution in [2.24, 2.45) is 0 Å². The maximum Gasteiger partial charge on any atom is 0.278 e. The molecule has 3 aromatic carbocycles. The van der Waals surface area contributed by atoms with E-state index in [0.29, 0.717) is 28.8 Å². The SMILES string of the molecule is COc1ccc(Cn2cnc3c4ccccc4n(CC(=O)Nc4ccc(C(C)=O)cc4)c3c2=O)cc1. The number of nitrogens with zero attached hydrogens (tertiary/aromatic N) is 3. The van der Waals surface area contributed by atoms with Crippen LogP contribution in [0.15, 0.2) is 83.9 Å². The maximum absolute atomic E-state index is 13.6. The van der Waals surface area contributed by atoms with Gasteiger partial charge in [-0.1, -0.05) is 30.3 Å². The molecule has 0 saturated heterocycles. The van der Waals surface area contributed by atoms with Crippen LogP contribution in [0.1, 0.15) is 22.8 Å². The summed E-state index contributed by atoms with van der Waals surface area (Å²) in [6.45, 7) is 1.76. The molecule has 0 unspecified atom stereocenters. The van der Waals surface area contributed by atoms with E-state index in [1.54, 1.807) is 42.3 Å². The number of carbonyl (C=O) groups excluding carboxylic acids is 2. The quantitative estimate of drug-likeness (QED) is 0.352. The second-order valence-electron chi connectivity index (χ2n) is 8.51. The first-order valence-corrected chi connectivity index (χ1v) is 11.4. The molecule has 0 atom stereocenters. The summed E-state index contributed by atoms with van der Waals surface area (Å²) in [7, 11) is 1.60. The Morgan fingerprint density at radius 2 is 1.69 bits per heavy atom. The molecule has 36 heavy (non-hydrogen) atoms. The van der Waals surface area contributed by atoms with Crippen molar-refractivity contribution >= 4 is 39.3 Å². The number of ketones is 1. The molecule has 0 aliphatic carbocycles. The summed E-state index contributed by atoms with van der Waals surface area (Å²) in [5, 5.41) is 3.65. The number of hydrogen-bond donors (Lipinski definition) is 1. The summed E-state index contributed by atoms with van der Waals surface area (Å²) < 4.78 is 8.46. The second kappa shape index (κ2) is 9.50. The van der Waals surface area contributed by atoms with E-state index in [2.05, 4.69) is 10.3 Å². The molecular formula is C28H24N4O4. The van der Waals surface area contributed by atoms with E-state index in [0.717, 1.165) is 22.2 Å².